The zero-order chi connectivity index (χ0) is 63.4. The molecule has 0 spiro atoms. The van der Waals surface area contributed by atoms with Crippen LogP contribution in [0.4, 0.5) is 68.2 Å². The summed E-state index contributed by atoms with van der Waals surface area (Å²) in [7, 11) is 0. The van der Waals surface area contributed by atoms with Crippen LogP contribution in [0.3, 0.4) is 0 Å². The van der Waals surface area contributed by atoms with Gasteiger partial charge in [-0.25, -0.2) is 0 Å². The Hall–Kier alpha value is -11.2. The van der Waals surface area contributed by atoms with Gasteiger partial charge in [-0.15, -0.1) is 0 Å². The molecule has 0 heterocycles. The van der Waals surface area contributed by atoms with Gasteiger partial charge in [0.1, 0.15) is 0 Å². The van der Waals surface area contributed by atoms with Crippen LogP contribution in [0.5, 0.6) is 0 Å². The van der Waals surface area contributed by atoms with Gasteiger partial charge >= 0.3 is 0 Å². The van der Waals surface area contributed by atoms with Crippen LogP contribution in [-0.2, 0) is 11.8 Å². The molecule has 0 aliphatic heterocycles. The Morgan fingerprint density at radius 2 is 0.585 bits per heavy atom. The molecule has 1 aliphatic rings. The SMILES string of the molecule is Cc1ccc(N(c2ccc(C)cc2)c2ccc(C3(c4ccc(N(c5ccc(C)cc5)c5ccc(Cc6cccc(N(c7ccc(-c8ccc(N(c9ccccc9)c9cccc%10ccccc9%10)cc8)cc7)c7cccc8ccccc78)c6)cc5)cc4)CCCCC3)cc2)cc1. The van der Waals surface area contributed by atoms with Gasteiger partial charge in [-0.2, -0.15) is 0 Å². The van der Waals surface area contributed by atoms with Crippen LogP contribution in [0.2, 0.25) is 0 Å². The Bertz CT molecular complexity index is 4830. The fraction of sp³-hybridized carbons (Fsp3) is 0.111. The summed E-state index contributed by atoms with van der Waals surface area (Å²) in [5.41, 5.74) is 24.9. The molecule has 4 heteroatoms. The average molecular weight is 1210 g/mol. The number of para-hydroxylation sites is 1. The molecule has 0 radical (unpaired) electrons. The molecule has 1 saturated carbocycles. The van der Waals surface area contributed by atoms with Gasteiger partial charge in [-0.3, -0.25) is 0 Å². The predicted octanol–water partition coefficient (Wildman–Crippen LogP) is 25.3. The minimum absolute atomic E-state index is 0.0705. The average Bonchev–Trinajstić information content (AvgIpc) is 0.790. The van der Waals surface area contributed by atoms with Crippen molar-refractivity contribution in [2.45, 2.75) is 64.7 Å². The third-order valence-electron chi connectivity index (χ3n) is 19.3. The highest BCUT2D eigenvalue weighted by molar-refractivity contribution is 6.00. The van der Waals surface area contributed by atoms with E-state index in [4.69, 9.17) is 0 Å². The summed E-state index contributed by atoms with van der Waals surface area (Å²) in [6.07, 6.45) is 6.75. The normalized spacial score (nSPS) is 12.8. The van der Waals surface area contributed by atoms with Crippen molar-refractivity contribution >= 4 is 89.8 Å². The number of aryl methyl sites for hydroxylation is 3. The molecule has 0 atom stereocenters. The number of hydrogen-bond donors (Lipinski definition) is 0. The van der Waals surface area contributed by atoms with Crippen molar-refractivity contribution in [3.8, 4) is 11.1 Å². The van der Waals surface area contributed by atoms with E-state index in [1.807, 2.05) is 0 Å². The summed E-state index contributed by atoms with van der Waals surface area (Å²) in [5.74, 6) is 0. The standard InChI is InChI=1S/C90H76N4/c1-65-29-45-77(46-30-65)91(78-47-31-66(2)32-48-78)81-57-41-74(42-58-81)90(61-12-5-13-62-90)75-43-59-82(60-44-75)92(79-49-33-67(3)34-50-79)80-51-35-68(36-52-80)63-69-17-14-24-85(64-69)94(89-28-16-21-73-19-9-11-26-87(73)89)84-55-39-71(40-56-84)70-37-53-83(54-38-70)93(76-22-6-4-7-23-76)88-27-15-20-72-18-8-10-25-86(72)88/h4,6-11,14-60,64H,5,12-13,61-63H2,1-3H3. The number of benzene rings is 14. The summed E-state index contributed by atoms with van der Waals surface area (Å²) >= 11 is 0. The van der Waals surface area contributed by atoms with Gasteiger partial charge < -0.3 is 19.6 Å². The Morgan fingerprint density at radius 1 is 0.255 bits per heavy atom. The van der Waals surface area contributed by atoms with Crippen LogP contribution in [0.1, 0.15) is 71.0 Å². The maximum Gasteiger partial charge on any atom is 0.0540 e. The minimum atomic E-state index is -0.0705. The van der Waals surface area contributed by atoms with Gasteiger partial charge in [-0.1, -0.05) is 236 Å². The minimum Gasteiger partial charge on any atom is -0.311 e. The topological polar surface area (TPSA) is 13.0 Å². The first-order chi connectivity index (χ1) is 46.3. The molecule has 0 saturated heterocycles. The van der Waals surface area contributed by atoms with E-state index in [1.54, 1.807) is 0 Å². The van der Waals surface area contributed by atoms with E-state index in [1.165, 1.54) is 79.8 Å². The van der Waals surface area contributed by atoms with Crippen molar-refractivity contribution in [2.24, 2.45) is 0 Å². The second-order valence-electron chi connectivity index (χ2n) is 25.5. The lowest BCUT2D eigenvalue weighted by Gasteiger charge is -2.39. The Balaban J connectivity index is 0.704. The van der Waals surface area contributed by atoms with Crippen LogP contribution >= 0.6 is 0 Å². The highest BCUT2D eigenvalue weighted by atomic mass is 15.2. The van der Waals surface area contributed by atoms with Crippen LogP contribution in [-0.4, -0.2) is 0 Å². The number of hydrogen-bond acceptors (Lipinski definition) is 4. The third kappa shape index (κ3) is 12.0. The third-order valence-corrected chi connectivity index (χ3v) is 19.3. The van der Waals surface area contributed by atoms with E-state index in [0.29, 0.717) is 0 Å². The summed E-state index contributed by atoms with van der Waals surface area (Å²) in [4.78, 5) is 9.58. The molecule has 14 aromatic rings. The van der Waals surface area contributed by atoms with Crippen LogP contribution in [0, 0.1) is 20.8 Å². The van der Waals surface area contributed by atoms with E-state index in [0.717, 1.165) is 98.6 Å². The first kappa shape index (κ1) is 59.1. The zero-order valence-electron chi connectivity index (χ0n) is 53.8. The largest absolute Gasteiger partial charge is 0.311 e. The van der Waals surface area contributed by atoms with Gasteiger partial charge in [0.05, 0.1) is 11.4 Å². The lowest BCUT2D eigenvalue weighted by atomic mass is 9.65. The number of fused-ring (bicyclic) bond motifs is 2. The van der Waals surface area contributed by atoms with E-state index in [2.05, 4.69) is 374 Å². The van der Waals surface area contributed by atoms with Gasteiger partial charge in [-0.05, 0) is 218 Å². The second-order valence-corrected chi connectivity index (χ2v) is 25.5. The second kappa shape index (κ2) is 26.2. The predicted molar refractivity (Wildman–Crippen MR) is 399 cm³/mol. The summed E-state index contributed by atoms with van der Waals surface area (Å²) in [5, 5.41) is 4.84. The van der Waals surface area contributed by atoms with E-state index < -0.39 is 0 Å². The van der Waals surface area contributed by atoms with Crippen molar-refractivity contribution in [2.75, 3.05) is 19.6 Å². The molecule has 1 fully saturated rings. The van der Waals surface area contributed by atoms with E-state index in [9.17, 15) is 0 Å². The Kier molecular flexibility index (Phi) is 16.5. The molecule has 0 aromatic heterocycles. The molecule has 94 heavy (non-hydrogen) atoms. The monoisotopic (exact) mass is 1210 g/mol. The van der Waals surface area contributed by atoms with Gasteiger partial charge in [0.2, 0.25) is 0 Å². The van der Waals surface area contributed by atoms with Crippen molar-refractivity contribution in [3.05, 3.63) is 373 Å². The van der Waals surface area contributed by atoms with Gasteiger partial charge in [0, 0.05) is 73.1 Å². The molecule has 0 amide bonds. The van der Waals surface area contributed by atoms with Crippen molar-refractivity contribution in [1.82, 2.24) is 0 Å². The maximum atomic E-state index is 2.42. The summed E-state index contributed by atoms with van der Waals surface area (Å²) < 4.78 is 0. The molecule has 15 rings (SSSR count). The zero-order valence-corrected chi connectivity index (χ0v) is 53.8. The maximum absolute atomic E-state index is 2.42. The molecule has 0 unspecified atom stereocenters. The van der Waals surface area contributed by atoms with Crippen LogP contribution < -0.4 is 19.6 Å². The first-order valence-corrected chi connectivity index (χ1v) is 33.3. The number of rotatable bonds is 17. The lowest BCUT2D eigenvalue weighted by molar-refractivity contribution is 0.346. The lowest BCUT2D eigenvalue weighted by Crippen LogP contribution is -2.30. The van der Waals surface area contributed by atoms with Gasteiger partial charge in [0.25, 0.3) is 0 Å². The molecular formula is C90H76N4. The molecule has 1 aliphatic carbocycles. The Morgan fingerprint density at radius 3 is 1.03 bits per heavy atom. The van der Waals surface area contributed by atoms with E-state index >= 15 is 0 Å². The highest BCUT2D eigenvalue weighted by Gasteiger charge is 2.36. The smallest absolute Gasteiger partial charge is 0.0540 e. The number of anilines is 12. The molecular weight excluding hydrogens is 1140 g/mol. The van der Waals surface area contributed by atoms with Crippen molar-refractivity contribution in [3.63, 3.8) is 0 Å². The van der Waals surface area contributed by atoms with E-state index in [-0.39, 0.29) is 5.41 Å². The van der Waals surface area contributed by atoms with Gasteiger partial charge in [0.15, 0.2) is 0 Å². The molecule has 4 nitrogen and oxygen atoms in total. The van der Waals surface area contributed by atoms with Crippen molar-refractivity contribution < 1.29 is 0 Å². The fourth-order valence-electron chi connectivity index (χ4n) is 14.4. The van der Waals surface area contributed by atoms with Crippen LogP contribution in [0.15, 0.2) is 334 Å². The number of nitrogens with zero attached hydrogens (tertiary/aromatic N) is 4. The first-order valence-electron chi connectivity index (χ1n) is 33.3. The van der Waals surface area contributed by atoms with Crippen LogP contribution in [0.25, 0.3) is 32.7 Å². The summed E-state index contributed by atoms with van der Waals surface area (Å²) in [6.45, 7) is 6.47. The molecule has 456 valence electrons. The molecule has 14 aromatic carbocycles. The quantitative estimate of drug-likeness (QED) is 0.0901. The molecule has 0 N–H and O–H groups in total. The fourth-order valence-corrected chi connectivity index (χ4v) is 14.4. The summed E-state index contributed by atoms with van der Waals surface area (Å²) in [6, 6.07) is 123. The molecule has 0 bridgehead atoms. The highest BCUT2D eigenvalue weighted by Crippen LogP contribution is 2.48. The van der Waals surface area contributed by atoms with Crippen molar-refractivity contribution in [1.29, 1.82) is 0 Å². The Labute approximate surface area is 554 Å².